The second-order valence-corrected chi connectivity index (χ2v) is 3.00. The summed E-state index contributed by atoms with van der Waals surface area (Å²) in [5.41, 5.74) is 12.6. The lowest BCUT2D eigenvalue weighted by atomic mass is 10.1. The number of rotatable bonds is 4. The Kier molecular flexibility index (Phi) is 3.46. The van der Waals surface area contributed by atoms with Gasteiger partial charge in [-0.3, -0.25) is 4.79 Å². The van der Waals surface area contributed by atoms with Crippen LogP contribution < -0.4 is 11.5 Å². The van der Waals surface area contributed by atoms with Crippen LogP contribution in [0.4, 0.5) is 0 Å². The molecule has 0 aliphatic heterocycles. The Morgan fingerprint density at radius 3 is 2.15 bits per heavy atom. The van der Waals surface area contributed by atoms with Gasteiger partial charge in [0.1, 0.15) is 0 Å². The zero-order valence-corrected chi connectivity index (χ0v) is 7.49. The highest BCUT2D eigenvalue weighted by Gasteiger charge is 1.97. The van der Waals surface area contributed by atoms with Gasteiger partial charge in [-0.1, -0.05) is 24.3 Å². The SMILES string of the molecule is NCCc1ccc(CC(N)=O)cc1. The Morgan fingerprint density at radius 1 is 1.15 bits per heavy atom. The van der Waals surface area contributed by atoms with Gasteiger partial charge in [-0.05, 0) is 24.1 Å². The Morgan fingerprint density at radius 2 is 1.69 bits per heavy atom. The van der Waals surface area contributed by atoms with Crippen molar-refractivity contribution in [1.82, 2.24) is 0 Å². The van der Waals surface area contributed by atoms with E-state index < -0.39 is 0 Å². The van der Waals surface area contributed by atoms with Crippen LogP contribution in [0.15, 0.2) is 24.3 Å². The van der Waals surface area contributed by atoms with E-state index in [2.05, 4.69) is 0 Å². The molecule has 1 aromatic rings. The van der Waals surface area contributed by atoms with Gasteiger partial charge in [0.2, 0.25) is 5.91 Å². The molecule has 70 valence electrons. The highest BCUT2D eigenvalue weighted by molar-refractivity contribution is 5.76. The van der Waals surface area contributed by atoms with Gasteiger partial charge in [0.25, 0.3) is 0 Å². The van der Waals surface area contributed by atoms with E-state index in [0.29, 0.717) is 13.0 Å². The highest BCUT2D eigenvalue weighted by atomic mass is 16.1. The van der Waals surface area contributed by atoms with Crippen molar-refractivity contribution in [3.63, 3.8) is 0 Å². The first kappa shape index (κ1) is 9.74. The molecule has 1 rings (SSSR count). The van der Waals surface area contributed by atoms with Crippen molar-refractivity contribution >= 4 is 5.91 Å². The van der Waals surface area contributed by atoms with Crippen LogP contribution in [-0.2, 0) is 17.6 Å². The van der Waals surface area contributed by atoms with Gasteiger partial charge in [-0.2, -0.15) is 0 Å². The van der Waals surface area contributed by atoms with Gasteiger partial charge in [-0.25, -0.2) is 0 Å². The van der Waals surface area contributed by atoms with Crippen LogP contribution in [0.3, 0.4) is 0 Å². The van der Waals surface area contributed by atoms with Gasteiger partial charge < -0.3 is 11.5 Å². The van der Waals surface area contributed by atoms with E-state index in [4.69, 9.17) is 11.5 Å². The molecule has 1 amide bonds. The number of amides is 1. The molecule has 0 radical (unpaired) electrons. The maximum atomic E-state index is 10.6. The molecule has 0 aromatic heterocycles. The molecule has 0 heterocycles. The third kappa shape index (κ3) is 3.25. The smallest absolute Gasteiger partial charge is 0.221 e. The van der Waals surface area contributed by atoms with E-state index in [-0.39, 0.29) is 5.91 Å². The molecule has 3 heteroatoms. The lowest BCUT2D eigenvalue weighted by Gasteiger charge is -2.00. The van der Waals surface area contributed by atoms with Crippen molar-refractivity contribution in [1.29, 1.82) is 0 Å². The summed E-state index contributed by atoms with van der Waals surface area (Å²) < 4.78 is 0. The molecule has 13 heavy (non-hydrogen) atoms. The quantitative estimate of drug-likeness (QED) is 0.692. The average molecular weight is 178 g/mol. The zero-order chi connectivity index (χ0) is 9.68. The predicted molar refractivity (Wildman–Crippen MR) is 52.1 cm³/mol. The Bertz CT molecular complexity index is 279. The van der Waals surface area contributed by atoms with Crippen LogP contribution in [0.1, 0.15) is 11.1 Å². The van der Waals surface area contributed by atoms with Crippen molar-refractivity contribution in [2.75, 3.05) is 6.54 Å². The van der Waals surface area contributed by atoms with E-state index in [1.165, 1.54) is 5.56 Å². The first-order valence-electron chi connectivity index (χ1n) is 4.28. The van der Waals surface area contributed by atoms with Crippen molar-refractivity contribution in [2.24, 2.45) is 11.5 Å². The molecule has 1 aromatic carbocycles. The minimum absolute atomic E-state index is 0.299. The molecular weight excluding hydrogens is 164 g/mol. The monoisotopic (exact) mass is 178 g/mol. The van der Waals surface area contributed by atoms with Crippen molar-refractivity contribution in [3.8, 4) is 0 Å². The molecule has 0 spiro atoms. The average Bonchev–Trinajstić information content (AvgIpc) is 2.08. The van der Waals surface area contributed by atoms with E-state index in [1.54, 1.807) is 0 Å². The molecule has 0 fully saturated rings. The Balaban J connectivity index is 2.64. The Hall–Kier alpha value is -1.35. The van der Waals surface area contributed by atoms with Crippen LogP contribution in [0, 0.1) is 0 Å². The minimum atomic E-state index is -0.299. The van der Waals surface area contributed by atoms with Gasteiger partial charge in [0.15, 0.2) is 0 Å². The predicted octanol–water partition coefficient (Wildman–Crippen LogP) is 0.216. The molecule has 0 saturated carbocycles. The van der Waals surface area contributed by atoms with Gasteiger partial charge in [0.05, 0.1) is 6.42 Å². The van der Waals surface area contributed by atoms with Crippen molar-refractivity contribution in [2.45, 2.75) is 12.8 Å². The van der Waals surface area contributed by atoms with E-state index in [1.807, 2.05) is 24.3 Å². The summed E-state index contributed by atoms with van der Waals surface area (Å²) in [7, 11) is 0. The number of nitrogens with two attached hydrogens (primary N) is 2. The van der Waals surface area contributed by atoms with Gasteiger partial charge in [0, 0.05) is 0 Å². The summed E-state index contributed by atoms with van der Waals surface area (Å²) in [6.45, 7) is 0.648. The lowest BCUT2D eigenvalue weighted by Crippen LogP contribution is -2.13. The van der Waals surface area contributed by atoms with E-state index in [9.17, 15) is 4.79 Å². The van der Waals surface area contributed by atoms with Crippen LogP contribution in [0.5, 0.6) is 0 Å². The molecule has 0 atom stereocenters. The first-order chi connectivity index (χ1) is 6.22. The summed E-state index contributed by atoms with van der Waals surface area (Å²) in [6, 6.07) is 7.78. The molecule has 0 aliphatic carbocycles. The Labute approximate surface area is 77.7 Å². The van der Waals surface area contributed by atoms with Gasteiger partial charge in [-0.15, -0.1) is 0 Å². The number of carbonyl (C=O) groups excluding carboxylic acids is 1. The normalized spacial score (nSPS) is 9.92. The number of primary amides is 1. The molecule has 3 nitrogen and oxygen atoms in total. The fourth-order valence-electron chi connectivity index (χ4n) is 1.19. The summed E-state index contributed by atoms with van der Waals surface area (Å²) >= 11 is 0. The van der Waals surface area contributed by atoms with Crippen LogP contribution in [0.25, 0.3) is 0 Å². The summed E-state index contributed by atoms with van der Waals surface area (Å²) in [4.78, 5) is 10.6. The third-order valence-electron chi connectivity index (χ3n) is 1.83. The standard InChI is InChI=1S/C10H14N2O/c11-6-5-8-1-3-9(4-2-8)7-10(12)13/h1-4H,5-7,11H2,(H2,12,13). The first-order valence-corrected chi connectivity index (χ1v) is 4.28. The summed E-state index contributed by atoms with van der Waals surface area (Å²) in [5.74, 6) is -0.299. The molecule has 4 N–H and O–H groups in total. The molecule has 0 saturated heterocycles. The van der Waals surface area contributed by atoms with E-state index in [0.717, 1.165) is 12.0 Å². The topological polar surface area (TPSA) is 69.1 Å². The zero-order valence-electron chi connectivity index (χ0n) is 7.49. The second-order valence-electron chi connectivity index (χ2n) is 3.00. The number of hydrogen-bond donors (Lipinski definition) is 2. The van der Waals surface area contributed by atoms with Crippen molar-refractivity contribution in [3.05, 3.63) is 35.4 Å². The lowest BCUT2D eigenvalue weighted by molar-refractivity contribution is -0.117. The summed E-state index contributed by atoms with van der Waals surface area (Å²) in [6.07, 6.45) is 1.18. The van der Waals surface area contributed by atoms with Crippen molar-refractivity contribution < 1.29 is 4.79 Å². The van der Waals surface area contributed by atoms with Crippen LogP contribution >= 0.6 is 0 Å². The highest BCUT2D eigenvalue weighted by Crippen LogP contribution is 2.04. The maximum Gasteiger partial charge on any atom is 0.221 e. The molecule has 0 bridgehead atoms. The number of carbonyl (C=O) groups is 1. The second kappa shape index (κ2) is 4.62. The number of benzene rings is 1. The van der Waals surface area contributed by atoms with Gasteiger partial charge >= 0.3 is 0 Å². The van der Waals surface area contributed by atoms with Crippen LogP contribution in [-0.4, -0.2) is 12.5 Å². The summed E-state index contributed by atoms with van der Waals surface area (Å²) in [5, 5.41) is 0. The largest absolute Gasteiger partial charge is 0.369 e. The minimum Gasteiger partial charge on any atom is -0.369 e. The van der Waals surface area contributed by atoms with Crippen LogP contribution in [0.2, 0.25) is 0 Å². The molecular formula is C10H14N2O. The van der Waals surface area contributed by atoms with E-state index >= 15 is 0 Å². The maximum absolute atomic E-state index is 10.6. The number of hydrogen-bond acceptors (Lipinski definition) is 2. The fourth-order valence-corrected chi connectivity index (χ4v) is 1.19. The fraction of sp³-hybridized carbons (Fsp3) is 0.300. The third-order valence-corrected chi connectivity index (χ3v) is 1.83. The molecule has 0 aliphatic rings. The molecule has 0 unspecified atom stereocenters.